The maximum absolute atomic E-state index is 14.0. The number of pyridine rings is 1. The van der Waals surface area contributed by atoms with E-state index in [0.717, 1.165) is 22.0 Å². The highest BCUT2D eigenvalue weighted by atomic mass is 19.1. The topological polar surface area (TPSA) is 67.0 Å². The molecule has 2 atom stereocenters. The minimum absolute atomic E-state index is 0.00519. The lowest BCUT2D eigenvalue weighted by molar-refractivity contribution is 0.0285. The number of rotatable bonds is 6. The molecule has 0 amide bonds. The van der Waals surface area contributed by atoms with E-state index >= 15 is 0 Å². The van der Waals surface area contributed by atoms with E-state index in [1.54, 1.807) is 24.4 Å². The smallest absolute Gasteiger partial charge is 0.163 e. The Hall–Kier alpha value is -3.32. The third-order valence-corrected chi connectivity index (χ3v) is 5.95. The Morgan fingerprint density at radius 1 is 1.19 bits per heavy atom. The van der Waals surface area contributed by atoms with Gasteiger partial charge >= 0.3 is 0 Å². The van der Waals surface area contributed by atoms with Crippen molar-refractivity contribution in [2.75, 3.05) is 18.5 Å². The number of ketones is 1. The quantitative estimate of drug-likeness (QED) is 0.408. The summed E-state index contributed by atoms with van der Waals surface area (Å²) < 4.78 is 33.1. The summed E-state index contributed by atoms with van der Waals surface area (Å²) in [6.45, 7) is 0.611. The minimum Gasteiger partial charge on any atom is -0.378 e. The van der Waals surface area contributed by atoms with E-state index in [0.29, 0.717) is 42.6 Å². The normalized spacial score (nSPS) is 18.8. The number of ether oxygens (including phenoxy) is 1. The molecule has 1 aliphatic heterocycles. The summed E-state index contributed by atoms with van der Waals surface area (Å²) in [6.07, 6.45) is 2.03. The molecule has 1 aliphatic rings. The zero-order chi connectivity index (χ0) is 22.1. The predicted octanol–water partition coefficient (Wildman–Crippen LogP) is 5.21. The fourth-order valence-electron chi connectivity index (χ4n) is 4.15. The van der Waals surface area contributed by atoms with Gasteiger partial charge < -0.3 is 15.0 Å². The third kappa shape index (κ3) is 4.21. The first kappa shape index (κ1) is 20.6. The summed E-state index contributed by atoms with van der Waals surface area (Å²) >= 11 is 0. The average molecular weight is 435 g/mol. The number of benzene rings is 2. The van der Waals surface area contributed by atoms with E-state index in [2.05, 4.69) is 15.3 Å². The SMILES string of the molecule is O=C(CCc1cc2c(F)cccc2[nH]1)c1ccc2cnc(N[C@H]3CCOC[C@H]3F)cc2c1. The molecule has 3 heterocycles. The molecule has 2 N–H and O–H groups in total. The second kappa shape index (κ2) is 8.67. The molecule has 0 aliphatic carbocycles. The number of anilines is 1. The van der Waals surface area contributed by atoms with Crippen molar-refractivity contribution in [3.63, 3.8) is 0 Å². The molecule has 4 aromatic rings. The number of aryl methyl sites for hydroxylation is 1. The highest BCUT2D eigenvalue weighted by Gasteiger charge is 2.25. The molecular formula is C25H23F2N3O2. The molecular weight excluding hydrogens is 412 g/mol. The van der Waals surface area contributed by atoms with Gasteiger partial charge in [0.2, 0.25) is 0 Å². The fraction of sp³-hybridized carbons (Fsp3) is 0.280. The van der Waals surface area contributed by atoms with E-state index in [9.17, 15) is 13.6 Å². The molecule has 164 valence electrons. The molecule has 0 unspecified atom stereocenters. The molecule has 5 rings (SSSR count). The van der Waals surface area contributed by atoms with Crippen LogP contribution in [0, 0.1) is 5.82 Å². The van der Waals surface area contributed by atoms with Gasteiger partial charge in [-0.05, 0) is 48.6 Å². The lowest BCUT2D eigenvalue weighted by atomic mass is 10.0. The predicted molar refractivity (Wildman–Crippen MR) is 120 cm³/mol. The largest absolute Gasteiger partial charge is 0.378 e. The third-order valence-electron chi connectivity index (χ3n) is 5.95. The first-order valence-electron chi connectivity index (χ1n) is 10.7. The number of carbonyl (C=O) groups is 1. The van der Waals surface area contributed by atoms with Crippen LogP contribution in [0.5, 0.6) is 0 Å². The number of nitrogens with one attached hydrogen (secondary N) is 2. The van der Waals surface area contributed by atoms with Crippen molar-refractivity contribution in [2.45, 2.75) is 31.5 Å². The number of alkyl halides is 1. The molecule has 0 spiro atoms. The van der Waals surface area contributed by atoms with Gasteiger partial charge in [-0.1, -0.05) is 18.2 Å². The number of H-pyrrole nitrogens is 1. The number of hydrogen-bond donors (Lipinski definition) is 2. The Bertz CT molecular complexity index is 1290. The Kier molecular flexibility index (Phi) is 5.57. The van der Waals surface area contributed by atoms with Gasteiger partial charge in [-0.15, -0.1) is 0 Å². The number of aromatic amines is 1. The number of aromatic nitrogens is 2. The van der Waals surface area contributed by atoms with Gasteiger partial charge in [0.05, 0.1) is 12.6 Å². The average Bonchev–Trinajstić information content (AvgIpc) is 3.23. The first-order valence-corrected chi connectivity index (χ1v) is 10.7. The van der Waals surface area contributed by atoms with Crippen LogP contribution in [-0.2, 0) is 11.2 Å². The number of carbonyl (C=O) groups excluding carboxylic acids is 1. The number of nitrogens with zero attached hydrogens (tertiary/aromatic N) is 1. The summed E-state index contributed by atoms with van der Waals surface area (Å²) in [5.41, 5.74) is 2.16. The summed E-state index contributed by atoms with van der Waals surface area (Å²) in [4.78, 5) is 20.4. The molecule has 7 heteroatoms. The Labute approximate surface area is 183 Å². The molecule has 32 heavy (non-hydrogen) atoms. The molecule has 0 radical (unpaired) electrons. The van der Waals surface area contributed by atoms with Gasteiger partial charge in [0.1, 0.15) is 17.8 Å². The number of halogens is 2. The number of Topliss-reactive ketones (excluding diaryl/α,β-unsaturated/α-hetero) is 1. The lowest BCUT2D eigenvalue weighted by Crippen LogP contribution is -2.39. The van der Waals surface area contributed by atoms with E-state index < -0.39 is 6.17 Å². The van der Waals surface area contributed by atoms with E-state index in [1.807, 2.05) is 24.3 Å². The summed E-state index contributed by atoms with van der Waals surface area (Å²) in [6, 6.07) is 13.7. The summed E-state index contributed by atoms with van der Waals surface area (Å²) in [5.74, 6) is 0.311. The van der Waals surface area contributed by atoms with Crippen LogP contribution in [0.1, 0.15) is 28.9 Å². The van der Waals surface area contributed by atoms with Crippen molar-refractivity contribution >= 4 is 33.3 Å². The summed E-state index contributed by atoms with van der Waals surface area (Å²) in [5, 5.41) is 5.45. The van der Waals surface area contributed by atoms with Gasteiger partial charge in [0.15, 0.2) is 5.78 Å². The van der Waals surface area contributed by atoms with Gasteiger partial charge in [0, 0.05) is 46.8 Å². The second-order valence-electron chi connectivity index (χ2n) is 8.18. The van der Waals surface area contributed by atoms with Crippen molar-refractivity contribution in [2.24, 2.45) is 0 Å². The number of fused-ring (bicyclic) bond motifs is 2. The van der Waals surface area contributed by atoms with Crippen molar-refractivity contribution < 1.29 is 18.3 Å². The van der Waals surface area contributed by atoms with Crippen LogP contribution < -0.4 is 5.32 Å². The standard InChI is InChI=1S/C25H23F2N3O2/c26-20-2-1-3-22-19(20)12-18(29-22)6-7-24(31)15-4-5-16-13-28-25(11-17(16)10-15)30-23-8-9-32-14-21(23)27/h1-5,10-13,21,23,29H,6-9,14H2,(H,28,30)/t21-,23+/m1/s1. The van der Waals surface area contributed by atoms with Gasteiger partial charge in [0.25, 0.3) is 0 Å². The van der Waals surface area contributed by atoms with Crippen LogP contribution in [0.15, 0.2) is 54.7 Å². The van der Waals surface area contributed by atoms with Crippen molar-refractivity contribution in [1.29, 1.82) is 0 Å². The van der Waals surface area contributed by atoms with Crippen LogP contribution >= 0.6 is 0 Å². The molecule has 0 bridgehead atoms. The molecule has 5 nitrogen and oxygen atoms in total. The van der Waals surface area contributed by atoms with Crippen LogP contribution in [0.3, 0.4) is 0 Å². The van der Waals surface area contributed by atoms with Crippen molar-refractivity contribution in [1.82, 2.24) is 9.97 Å². The lowest BCUT2D eigenvalue weighted by Gasteiger charge is -2.27. The Morgan fingerprint density at radius 2 is 2.09 bits per heavy atom. The van der Waals surface area contributed by atoms with Crippen molar-refractivity contribution in [3.8, 4) is 0 Å². The molecule has 1 saturated heterocycles. The molecule has 1 fully saturated rings. The maximum Gasteiger partial charge on any atom is 0.163 e. The van der Waals surface area contributed by atoms with Gasteiger partial charge in [-0.25, -0.2) is 13.8 Å². The maximum atomic E-state index is 14.0. The van der Waals surface area contributed by atoms with Crippen LogP contribution in [0.4, 0.5) is 14.6 Å². The molecule has 2 aromatic heterocycles. The monoisotopic (exact) mass is 435 g/mol. The summed E-state index contributed by atoms with van der Waals surface area (Å²) in [7, 11) is 0. The van der Waals surface area contributed by atoms with E-state index in [1.165, 1.54) is 6.07 Å². The zero-order valence-corrected chi connectivity index (χ0v) is 17.4. The van der Waals surface area contributed by atoms with Crippen LogP contribution in [0.25, 0.3) is 21.7 Å². The van der Waals surface area contributed by atoms with Crippen LogP contribution in [0.2, 0.25) is 0 Å². The second-order valence-corrected chi connectivity index (χ2v) is 8.18. The Balaban J connectivity index is 1.30. The Morgan fingerprint density at radius 3 is 2.94 bits per heavy atom. The van der Waals surface area contributed by atoms with E-state index in [4.69, 9.17) is 4.74 Å². The van der Waals surface area contributed by atoms with Crippen molar-refractivity contribution in [3.05, 3.63) is 71.8 Å². The van der Waals surface area contributed by atoms with Gasteiger partial charge in [-0.2, -0.15) is 0 Å². The van der Waals surface area contributed by atoms with Crippen LogP contribution in [-0.4, -0.2) is 41.2 Å². The molecule has 0 saturated carbocycles. The first-order chi connectivity index (χ1) is 15.6. The fourth-order valence-corrected chi connectivity index (χ4v) is 4.15. The molecule has 2 aromatic carbocycles. The highest BCUT2D eigenvalue weighted by molar-refractivity contribution is 6.00. The minimum atomic E-state index is -1.08. The zero-order valence-electron chi connectivity index (χ0n) is 17.4. The highest BCUT2D eigenvalue weighted by Crippen LogP contribution is 2.23. The van der Waals surface area contributed by atoms with E-state index in [-0.39, 0.29) is 24.2 Å². The van der Waals surface area contributed by atoms with Gasteiger partial charge in [-0.3, -0.25) is 4.79 Å². The number of hydrogen-bond acceptors (Lipinski definition) is 4.